The first-order chi connectivity index (χ1) is 5.74. The summed E-state index contributed by atoms with van der Waals surface area (Å²) in [6, 6.07) is 5.27. The standard InChI is InChI=1S/C9H9ClN2/c10-5-1-2-7-3-4-8(11)9(12)6-7/h3-4,6H,5,11-12H2. The Balaban J connectivity index is 2.97. The van der Waals surface area contributed by atoms with E-state index < -0.39 is 0 Å². The third-order valence-electron chi connectivity index (χ3n) is 1.39. The van der Waals surface area contributed by atoms with Crippen molar-refractivity contribution in [1.29, 1.82) is 0 Å². The minimum atomic E-state index is 0.324. The molecule has 0 radical (unpaired) electrons. The Morgan fingerprint density at radius 3 is 2.58 bits per heavy atom. The topological polar surface area (TPSA) is 52.0 Å². The largest absolute Gasteiger partial charge is 0.397 e. The zero-order chi connectivity index (χ0) is 8.97. The summed E-state index contributed by atoms with van der Waals surface area (Å²) in [4.78, 5) is 0. The van der Waals surface area contributed by atoms with Gasteiger partial charge in [-0.1, -0.05) is 11.8 Å². The number of halogens is 1. The molecule has 0 saturated carbocycles. The highest BCUT2D eigenvalue weighted by atomic mass is 35.5. The molecule has 0 bridgehead atoms. The number of hydrogen-bond donors (Lipinski definition) is 2. The van der Waals surface area contributed by atoms with Crippen LogP contribution in [0.3, 0.4) is 0 Å². The van der Waals surface area contributed by atoms with Crippen LogP contribution in [0.2, 0.25) is 0 Å². The minimum absolute atomic E-state index is 0.324. The van der Waals surface area contributed by atoms with Crippen molar-refractivity contribution in [1.82, 2.24) is 0 Å². The lowest BCUT2D eigenvalue weighted by atomic mass is 10.2. The molecule has 12 heavy (non-hydrogen) atoms. The summed E-state index contributed by atoms with van der Waals surface area (Å²) >= 11 is 5.39. The summed E-state index contributed by atoms with van der Waals surface area (Å²) in [6.45, 7) is 0. The Kier molecular flexibility index (Phi) is 2.84. The zero-order valence-electron chi connectivity index (χ0n) is 6.47. The van der Waals surface area contributed by atoms with Crippen LogP contribution in [-0.2, 0) is 0 Å². The van der Waals surface area contributed by atoms with Gasteiger partial charge >= 0.3 is 0 Å². The van der Waals surface area contributed by atoms with Crippen molar-refractivity contribution < 1.29 is 0 Å². The molecule has 0 aliphatic heterocycles. The number of rotatable bonds is 0. The van der Waals surface area contributed by atoms with Crippen LogP contribution in [0.1, 0.15) is 5.56 Å². The van der Waals surface area contributed by atoms with Crippen LogP contribution in [0.25, 0.3) is 0 Å². The average Bonchev–Trinajstić information content (AvgIpc) is 2.07. The van der Waals surface area contributed by atoms with E-state index in [1.807, 2.05) is 6.07 Å². The third-order valence-corrected chi connectivity index (χ3v) is 1.52. The average molecular weight is 181 g/mol. The van der Waals surface area contributed by atoms with Crippen molar-refractivity contribution in [2.45, 2.75) is 0 Å². The van der Waals surface area contributed by atoms with Crippen LogP contribution >= 0.6 is 11.6 Å². The highest BCUT2D eigenvalue weighted by molar-refractivity contribution is 6.19. The van der Waals surface area contributed by atoms with Crippen molar-refractivity contribution in [3.05, 3.63) is 23.8 Å². The van der Waals surface area contributed by atoms with Gasteiger partial charge in [0, 0.05) is 5.56 Å². The van der Waals surface area contributed by atoms with Crippen LogP contribution in [-0.4, -0.2) is 5.88 Å². The quantitative estimate of drug-likeness (QED) is 0.361. The van der Waals surface area contributed by atoms with E-state index in [1.165, 1.54) is 0 Å². The van der Waals surface area contributed by atoms with E-state index in [4.69, 9.17) is 23.1 Å². The van der Waals surface area contributed by atoms with Gasteiger partial charge in [0.25, 0.3) is 0 Å². The minimum Gasteiger partial charge on any atom is -0.397 e. The van der Waals surface area contributed by atoms with Crippen LogP contribution in [0.4, 0.5) is 11.4 Å². The van der Waals surface area contributed by atoms with E-state index in [2.05, 4.69) is 11.8 Å². The van der Waals surface area contributed by atoms with Gasteiger partial charge in [-0.25, -0.2) is 0 Å². The van der Waals surface area contributed by atoms with E-state index in [1.54, 1.807) is 12.1 Å². The molecule has 0 fully saturated rings. The van der Waals surface area contributed by atoms with E-state index in [-0.39, 0.29) is 0 Å². The van der Waals surface area contributed by atoms with E-state index in [9.17, 15) is 0 Å². The molecule has 0 aliphatic carbocycles. The lowest BCUT2D eigenvalue weighted by Gasteiger charge is -1.98. The van der Waals surface area contributed by atoms with Crippen LogP contribution in [0, 0.1) is 11.8 Å². The van der Waals surface area contributed by atoms with Crippen LogP contribution in [0.15, 0.2) is 18.2 Å². The summed E-state index contributed by atoms with van der Waals surface area (Å²) in [6.07, 6.45) is 0. The molecule has 0 aromatic heterocycles. The van der Waals surface area contributed by atoms with Crippen molar-refractivity contribution in [3.63, 3.8) is 0 Å². The fourth-order valence-electron chi connectivity index (χ4n) is 0.788. The summed E-state index contributed by atoms with van der Waals surface area (Å²) in [7, 11) is 0. The second-order valence-corrected chi connectivity index (χ2v) is 2.55. The first-order valence-corrected chi connectivity index (χ1v) is 3.97. The second-order valence-electron chi connectivity index (χ2n) is 2.28. The lowest BCUT2D eigenvalue weighted by Crippen LogP contribution is -1.94. The number of nitrogens with two attached hydrogens (primary N) is 2. The lowest BCUT2D eigenvalue weighted by molar-refractivity contribution is 1.62. The Morgan fingerprint density at radius 1 is 1.25 bits per heavy atom. The normalized spacial score (nSPS) is 8.75. The van der Waals surface area contributed by atoms with Crippen LogP contribution < -0.4 is 11.5 Å². The first kappa shape index (κ1) is 8.76. The van der Waals surface area contributed by atoms with Gasteiger partial charge in [-0.05, 0) is 18.2 Å². The third kappa shape index (κ3) is 2.08. The highest BCUT2D eigenvalue weighted by Crippen LogP contribution is 2.14. The molecule has 0 aliphatic rings. The Bertz CT molecular complexity index is 336. The molecule has 0 saturated heterocycles. The fraction of sp³-hybridized carbons (Fsp3) is 0.111. The van der Waals surface area contributed by atoms with Gasteiger partial charge in [0.15, 0.2) is 0 Å². The molecule has 62 valence electrons. The summed E-state index contributed by atoms with van der Waals surface area (Å²) in [5.41, 5.74) is 13.0. The summed E-state index contributed by atoms with van der Waals surface area (Å²) in [5, 5.41) is 0. The van der Waals surface area contributed by atoms with E-state index in [0.29, 0.717) is 17.3 Å². The summed E-state index contributed by atoms with van der Waals surface area (Å²) < 4.78 is 0. The van der Waals surface area contributed by atoms with E-state index >= 15 is 0 Å². The van der Waals surface area contributed by atoms with Gasteiger partial charge in [0.1, 0.15) is 0 Å². The molecule has 0 heterocycles. The smallest absolute Gasteiger partial charge is 0.0839 e. The maximum absolute atomic E-state index is 5.57. The Labute approximate surface area is 76.5 Å². The van der Waals surface area contributed by atoms with Gasteiger partial charge in [-0.2, -0.15) is 0 Å². The number of benzene rings is 1. The van der Waals surface area contributed by atoms with Gasteiger partial charge in [-0.15, -0.1) is 11.6 Å². The molecule has 0 amide bonds. The molecule has 1 aromatic carbocycles. The second kappa shape index (κ2) is 3.89. The fourth-order valence-corrected chi connectivity index (χ4v) is 0.855. The zero-order valence-corrected chi connectivity index (χ0v) is 7.23. The van der Waals surface area contributed by atoms with Crippen molar-refractivity contribution in [2.75, 3.05) is 17.3 Å². The Morgan fingerprint density at radius 2 is 2.00 bits per heavy atom. The monoisotopic (exact) mass is 180 g/mol. The van der Waals surface area contributed by atoms with Gasteiger partial charge in [0.2, 0.25) is 0 Å². The van der Waals surface area contributed by atoms with Crippen molar-refractivity contribution >= 4 is 23.0 Å². The van der Waals surface area contributed by atoms with Gasteiger partial charge in [0.05, 0.1) is 17.3 Å². The van der Waals surface area contributed by atoms with Gasteiger partial charge < -0.3 is 11.5 Å². The van der Waals surface area contributed by atoms with Gasteiger partial charge in [-0.3, -0.25) is 0 Å². The molecule has 1 aromatic rings. The molecule has 2 nitrogen and oxygen atoms in total. The summed E-state index contributed by atoms with van der Waals surface area (Å²) in [5.74, 6) is 5.90. The van der Waals surface area contributed by atoms with Crippen molar-refractivity contribution in [2.24, 2.45) is 0 Å². The highest BCUT2D eigenvalue weighted by Gasteiger charge is 1.93. The Hall–Kier alpha value is -1.33. The maximum Gasteiger partial charge on any atom is 0.0839 e. The number of anilines is 2. The molecule has 3 heteroatoms. The first-order valence-electron chi connectivity index (χ1n) is 3.44. The predicted molar refractivity (Wildman–Crippen MR) is 52.9 cm³/mol. The molecule has 1 rings (SSSR count). The molecule has 4 N–H and O–H groups in total. The molecular weight excluding hydrogens is 172 g/mol. The molecular formula is C9H9ClN2. The molecule has 0 unspecified atom stereocenters. The molecule has 0 atom stereocenters. The molecule has 0 spiro atoms. The predicted octanol–water partition coefficient (Wildman–Crippen LogP) is 1.44. The number of nitrogen functional groups attached to an aromatic ring is 2. The number of alkyl halides is 1. The van der Waals surface area contributed by atoms with Crippen LogP contribution in [0.5, 0.6) is 0 Å². The van der Waals surface area contributed by atoms with Crippen molar-refractivity contribution in [3.8, 4) is 11.8 Å². The SMILES string of the molecule is Nc1ccc(C#CCCl)cc1N. The maximum atomic E-state index is 5.57. The van der Waals surface area contributed by atoms with E-state index in [0.717, 1.165) is 5.56 Å². The number of hydrogen-bond acceptors (Lipinski definition) is 2.